The summed E-state index contributed by atoms with van der Waals surface area (Å²) in [5, 5.41) is 1.16. The van der Waals surface area contributed by atoms with Gasteiger partial charge in [-0.3, -0.25) is 0 Å². The molecule has 0 saturated heterocycles. The van der Waals surface area contributed by atoms with Crippen LogP contribution in [0.5, 0.6) is 0 Å². The fourth-order valence-corrected chi connectivity index (χ4v) is 10.1. The van der Waals surface area contributed by atoms with Gasteiger partial charge in [0.1, 0.15) is 11.3 Å². The Morgan fingerprint density at radius 2 is 0.814 bits per heavy atom. The van der Waals surface area contributed by atoms with Crippen LogP contribution < -0.4 is 4.90 Å². The molecule has 2 aliphatic carbocycles. The van der Waals surface area contributed by atoms with E-state index < -0.39 is 5.41 Å². The molecule has 12 rings (SSSR count). The van der Waals surface area contributed by atoms with Crippen LogP contribution >= 0.6 is 0 Å². The zero-order valence-corrected chi connectivity index (χ0v) is 32.2. The third-order valence-corrected chi connectivity index (χ3v) is 12.5. The summed E-state index contributed by atoms with van der Waals surface area (Å²) in [6, 6.07) is 81.3. The lowest BCUT2D eigenvalue weighted by Crippen LogP contribution is -2.25. The third-order valence-electron chi connectivity index (χ3n) is 12.5. The van der Waals surface area contributed by atoms with E-state index in [9.17, 15) is 0 Å². The minimum Gasteiger partial charge on any atom is -0.456 e. The average Bonchev–Trinajstić information content (AvgIpc) is 3.94. The second kappa shape index (κ2) is 13.2. The van der Waals surface area contributed by atoms with Crippen LogP contribution in [0.15, 0.2) is 229 Å². The van der Waals surface area contributed by atoms with Crippen LogP contribution in [0.4, 0.5) is 17.1 Å². The molecule has 0 unspecified atom stereocenters. The Hall–Kier alpha value is -7.68. The highest BCUT2D eigenvalue weighted by Crippen LogP contribution is 2.66. The molecule has 0 radical (unpaired) electrons. The number of hydrogen-bond donors (Lipinski definition) is 0. The fraction of sp³-hybridized carbons (Fsp3) is 0.0175. The zero-order valence-electron chi connectivity index (χ0n) is 32.2. The van der Waals surface area contributed by atoms with Crippen molar-refractivity contribution in [2.24, 2.45) is 0 Å². The van der Waals surface area contributed by atoms with Crippen molar-refractivity contribution >= 4 is 28.0 Å². The molecule has 276 valence electrons. The van der Waals surface area contributed by atoms with Gasteiger partial charge < -0.3 is 9.32 Å². The quantitative estimate of drug-likeness (QED) is 0.168. The van der Waals surface area contributed by atoms with Gasteiger partial charge in [0.25, 0.3) is 0 Å². The molecule has 0 saturated carbocycles. The van der Waals surface area contributed by atoms with Crippen LogP contribution in [0.25, 0.3) is 66.8 Å². The first-order chi connectivity index (χ1) is 29.3. The van der Waals surface area contributed by atoms with Crippen molar-refractivity contribution in [3.8, 4) is 55.8 Å². The highest BCUT2D eigenvalue weighted by atomic mass is 16.3. The normalized spacial score (nSPS) is 12.9. The molecule has 59 heavy (non-hydrogen) atoms. The fourth-order valence-electron chi connectivity index (χ4n) is 10.1. The maximum atomic E-state index is 6.98. The van der Waals surface area contributed by atoms with Crippen LogP contribution in [0.3, 0.4) is 0 Å². The molecule has 1 spiro atoms. The molecule has 1 aromatic heterocycles. The lowest BCUT2D eigenvalue weighted by atomic mass is 9.70. The number of nitrogens with zero attached hydrogens (tertiary/aromatic N) is 1. The Kier molecular flexibility index (Phi) is 7.48. The van der Waals surface area contributed by atoms with Crippen molar-refractivity contribution in [3.63, 3.8) is 0 Å². The second-order valence-corrected chi connectivity index (χ2v) is 15.6. The number of furan rings is 1. The molecule has 0 fully saturated rings. The summed E-state index contributed by atoms with van der Waals surface area (Å²) in [5.41, 5.74) is 19.6. The molecule has 2 heteroatoms. The van der Waals surface area contributed by atoms with Crippen LogP contribution in [0, 0.1) is 0 Å². The standard InChI is InChI=1S/C57H37NO/c1-3-16-38(17-4-1)39-30-34-42(35-31-39)58(52-28-13-9-20-44(52)40-18-5-2-6-19-40)43-36-32-41(33-37-43)45-24-15-27-51-54(45)56-55(48-23-10-14-29-53(48)59-56)57(51)49-25-11-7-21-46(49)47-22-8-12-26-50(47)57/h1-37H. The predicted octanol–water partition coefficient (Wildman–Crippen LogP) is 15.2. The highest BCUT2D eigenvalue weighted by Gasteiger charge is 2.54. The van der Waals surface area contributed by atoms with Crippen molar-refractivity contribution < 1.29 is 4.42 Å². The molecule has 10 aromatic rings. The van der Waals surface area contributed by atoms with E-state index in [0.717, 1.165) is 44.9 Å². The summed E-state index contributed by atoms with van der Waals surface area (Å²) < 4.78 is 6.98. The number of para-hydroxylation sites is 2. The predicted molar refractivity (Wildman–Crippen MR) is 244 cm³/mol. The molecule has 0 bridgehead atoms. The van der Waals surface area contributed by atoms with E-state index in [1.54, 1.807) is 0 Å². The summed E-state index contributed by atoms with van der Waals surface area (Å²) >= 11 is 0. The Labute approximate surface area is 343 Å². The minimum absolute atomic E-state index is 0.496. The maximum Gasteiger partial charge on any atom is 0.141 e. The third kappa shape index (κ3) is 4.93. The molecule has 0 amide bonds. The summed E-state index contributed by atoms with van der Waals surface area (Å²) in [5.74, 6) is 0.962. The van der Waals surface area contributed by atoms with Crippen molar-refractivity contribution in [2.45, 2.75) is 5.41 Å². The van der Waals surface area contributed by atoms with Gasteiger partial charge in [-0.25, -0.2) is 0 Å². The lowest BCUT2D eigenvalue weighted by Gasteiger charge is -2.30. The van der Waals surface area contributed by atoms with Gasteiger partial charge in [0.15, 0.2) is 0 Å². The summed E-state index contributed by atoms with van der Waals surface area (Å²) in [7, 11) is 0. The van der Waals surface area contributed by atoms with Crippen LogP contribution in [0.1, 0.15) is 22.3 Å². The smallest absolute Gasteiger partial charge is 0.141 e. The van der Waals surface area contributed by atoms with Crippen molar-refractivity contribution in [2.75, 3.05) is 4.90 Å². The van der Waals surface area contributed by atoms with Gasteiger partial charge in [-0.2, -0.15) is 0 Å². The first kappa shape index (κ1) is 33.5. The SMILES string of the molecule is c1ccc(-c2ccc(N(c3ccc(-c4cccc5c4-c4oc6ccccc6c4C54c5ccccc5-c5ccccc54)cc3)c3ccccc3-c3ccccc3)cc2)cc1. The summed E-state index contributed by atoms with van der Waals surface area (Å²) in [6.45, 7) is 0. The largest absolute Gasteiger partial charge is 0.456 e. The van der Waals surface area contributed by atoms with E-state index in [2.05, 4.69) is 229 Å². The van der Waals surface area contributed by atoms with Gasteiger partial charge >= 0.3 is 0 Å². The number of fused-ring (bicyclic) bond motifs is 12. The number of anilines is 3. The molecule has 9 aromatic carbocycles. The lowest BCUT2D eigenvalue weighted by molar-refractivity contribution is 0.629. The zero-order chi connectivity index (χ0) is 38.9. The molecule has 0 N–H and O–H groups in total. The molecule has 2 nitrogen and oxygen atoms in total. The Morgan fingerprint density at radius 1 is 0.339 bits per heavy atom. The average molecular weight is 752 g/mol. The molecule has 1 heterocycles. The first-order valence-electron chi connectivity index (χ1n) is 20.3. The van der Waals surface area contributed by atoms with E-state index in [-0.39, 0.29) is 0 Å². The van der Waals surface area contributed by atoms with Crippen molar-refractivity contribution in [3.05, 3.63) is 247 Å². The monoisotopic (exact) mass is 751 g/mol. The maximum absolute atomic E-state index is 6.98. The molecule has 0 aliphatic heterocycles. The number of rotatable bonds is 6. The summed E-state index contributed by atoms with van der Waals surface area (Å²) in [6.07, 6.45) is 0. The Bertz CT molecular complexity index is 3150. The highest BCUT2D eigenvalue weighted by molar-refractivity contribution is 6.05. The second-order valence-electron chi connectivity index (χ2n) is 15.6. The molecule has 2 aliphatic rings. The van der Waals surface area contributed by atoms with Crippen LogP contribution in [-0.4, -0.2) is 0 Å². The Balaban J connectivity index is 1.04. The minimum atomic E-state index is -0.496. The van der Waals surface area contributed by atoms with Gasteiger partial charge in [0.05, 0.1) is 11.1 Å². The van der Waals surface area contributed by atoms with E-state index in [1.165, 1.54) is 61.2 Å². The molecular weight excluding hydrogens is 715 g/mol. The van der Waals surface area contributed by atoms with Gasteiger partial charge in [-0.05, 0) is 92.0 Å². The van der Waals surface area contributed by atoms with Crippen molar-refractivity contribution in [1.29, 1.82) is 0 Å². The molecular formula is C57H37NO. The number of benzene rings is 9. The number of hydrogen-bond acceptors (Lipinski definition) is 2. The van der Waals surface area contributed by atoms with Gasteiger partial charge in [-0.15, -0.1) is 0 Å². The van der Waals surface area contributed by atoms with E-state index in [0.29, 0.717) is 0 Å². The van der Waals surface area contributed by atoms with Crippen LogP contribution in [-0.2, 0) is 5.41 Å². The van der Waals surface area contributed by atoms with Gasteiger partial charge in [-0.1, -0.05) is 188 Å². The van der Waals surface area contributed by atoms with Gasteiger partial charge in [0.2, 0.25) is 0 Å². The Morgan fingerprint density at radius 3 is 1.49 bits per heavy atom. The topological polar surface area (TPSA) is 16.4 Å². The van der Waals surface area contributed by atoms with E-state index in [4.69, 9.17) is 4.42 Å². The summed E-state index contributed by atoms with van der Waals surface area (Å²) in [4.78, 5) is 2.38. The molecule has 0 atom stereocenters. The van der Waals surface area contributed by atoms with Gasteiger partial charge in [0, 0.05) is 33.5 Å². The first-order valence-corrected chi connectivity index (χ1v) is 20.3. The van der Waals surface area contributed by atoms with E-state index in [1.807, 2.05) is 0 Å². The van der Waals surface area contributed by atoms with Crippen LogP contribution in [0.2, 0.25) is 0 Å². The van der Waals surface area contributed by atoms with E-state index >= 15 is 0 Å². The van der Waals surface area contributed by atoms with Crippen molar-refractivity contribution in [1.82, 2.24) is 0 Å².